The summed E-state index contributed by atoms with van der Waals surface area (Å²) in [7, 11) is 0. The minimum atomic E-state index is 0.269. The summed E-state index contributed by atoms with van der Waals surface area (Å²) >= 11 is 6.06. The minimum Gasteiger partial charge on any atom is -0.380 e. The Bertz CT molecular complexity index is 131. The van der Waals surface area contributed by atoms with Gasteiger partial charge in [0.15, 0.2) is 0 Å². The van der Waals surface area contributed by atoms with Crippen molar-refractivity contribution in [2.75, 3.05) is 26.3 Å². The Morgan fingerprint density at radius 2 is 1.93 bits per heavy atom. The molecule has 0 aromatic carbocycles. The molecule has 15 heavy (non-hydrogen) atoms. The lowest BCUT2D eigenvalue weighted by Crippen LogP contribution is -2.26. The lowest BCUT2D eigenvalue weighted by molar-refractivity contribution is 0.125. The van der Waals surface area contributed by atoms with Crippen LogP contribution in [0.4, 0.5) is 0 Å². The Morgan fingerprint density at radius 1 is 1.20 bits per heavy atom. The van der Waals surface area contributed by atoms with Crippen LogP contribution in [0.1, 0.15) is 40.0 Å². The predicted molar refractivity (Wildman–Crippen MR) is 67.7 cm³/mol. The highest BCUT2D eigenvalue weighted by Gasteiger charge is 2.01. The van der Waals surface area contributed by atoms with Gasteiger partial charge in [-0.3, -0.25) is 0 Å². The highest BCUT2D eigenvalue weighted by molar-refractivity contribution is 6.20. The molecule has 0 aromatic rings. The molecule has 0 amide bonds. The summed E-state index contributed by atoms with van der Waals surface area (Å²) in [4.78, 5) is 0. The van der Waals surface area contributed by atoms with Crippen molar-refractivity contribution in [3.05, 3.63) is 0 Å². The van der Waals surface area contributed by atoms with E-state index in [1.807, 2.05) is 0 Å². The molecule has 1 N–H and O–H groups in total. The minimum absolute atomic E-state index is 0.269. The Hall–Kier alpha value is 0.210. The second-order valence-corrected chi connectivity index (χ2v) is 5.00. The van der Waals surface area contributed by atoms with Crippen LogP contribution in [0.15, 0.2) is 0 Å². The summed E-state index contributed by atoms with van der Waals surface area (Å²) in [6.07, 6.45) is 3.39. The van der Waals surface area contributed by atoms with Gasteiger partial charge in [0.25, 0.3) is 0 Å². The molecular weight excluding hydrogens is 210 g/mol. The van der Waals surface area contributed by atoms with Gasteiger partial charge in [0.05, 0.1) is 6.61 Å². The van der Waals surface area contributed by atoms with E-state index in [0.717, 1.165) is 51.5 Å². The Labute approximate surface area is 99.7 Å². The Kier molecular flexibility index (Phi) is 10.9. The van der Waals surface area contributed by atoms with Crippen LogP contribution in [0.3, 0.4) is 0 Å². The largest absolute Gasteiger partial charge is 0.380 e. The maximum Gasteiger partial charge on any atom is 0.0590 e. The van der Waals surface area contributed by atoms with Crippen molar-refractivity contribution in [1.82, 2.24) is 5.32 Å². The van der Waals surface area contributed by atoms with Gasteiger partial charge in [-0.2, -0.15) is 0 Å². The number of hydrogen-bond donors (Lipinski definition) is 1. The van der Waals surface area contributed by atoms with E-state index in [0.29, 0.717) is 0 Å². The maximum atomic E-state index is 6.06. The Balaban J connectivity index is 3.04. The van der Waals surface area contributed by atoms with Crippen molar-refractivity contribution in [2.45, 2.75) is 45.4 Å². The molecule has 1 atom stereocenters. The zero-order valence-corrected chi connectivity index (χ0v) is 11.1. The lowest BCUT2D eigenvalue weighted by Gasteiger charge is -2.10. The number of halogens is 1. The fraction of sp³-hybridized carbons (Fsp3) is 1.00. The average Bonchev–Trinajstić information content (AvgIpc) is 2.16. The predicted octanol–water partition coefficient (Wildman–Crippen LogP) is 3.05. The zero-order valence-electron chi connectivity index (χ0n) is 10.4. The lowest BCUT2D eigenvalue weighted by atomic mass is 10.1. The molecule has 0 aliphatic rings. The van der Waals surface area contributed by atoms with Gasteiger partial charge in [0.1, 0.15) is 0 Å². The summed E-state index contributed by atoms with van der Waals surface area (Å²) in [5.41, 5.74) is 0. The van der Waals surface area contributed by atoms with Crippen molar-refractivity contribution < 1.29 is 4.74 Å². The van der Waals surface area contributed by atoms with Gasteiger partial charge >= 0.3 is 0 Å². The van der Waals surface area contributed by atoms with E-state index in [9.17, 15) is 0 Å². The van der Waals surface area contributed by atoms with E-state index in [4.69, 9.17) is 16.3 Å². The molecule has 0 saturated carbocycles. The third-order valence-electron chi connectivity index (χ3n) is 2.23. The highest BCUT2D eigenvalue weighted by atomic mass is 35.5. The van der Waals surface area contributed by atoms with Gasteiger partial charge in [0, 0.05) is 25.1 Å². The number of ether oxygens (including phenoxy) is 1. The van der Waals surface area contributed by atoms with Gasteiger partial charge in [-0.15, -0.1) is 11.6 Å². The molecule has 0 aliphatic carbocycles. The van der Waals surface area contributed by atoms with Crippen LogP contribution in [0.5, 0.6) is 0 Å². The molecule has 0 rings (SSSR count). The second-order valence-electron chi connectivity index (χ2n) is 4.38. The van der Waals surface area contributed by atoms with Gasteiger partial charge in [-0.25, -0.2) is 0 Å². The van der Waals surface area contributed by atoms with E-state index in [1.165, 1.54) is 0 Å². The Morgan fingerprint density at radius 3 is 2.53 bits per heavy atom. The first-order valence-corrected chi connectivity index (χ1v) is 6.53. The number of alkyl halides is 1. The zero-order chi connectivity index (χ0) is 11.5. The molecule has 0 fully saturated rings. The van der Waals surface area contributed by atoms with E-state index >= 15 is 0 Å². The monoisotopic (exact) mass is 235 g/mol. The average molecular weight is 236 g/mol. The number of nitrogens with one attached hydrogen (secondary N) is 1. The molecule has 1 unspecified atom stereocenters. The van der Waals surface area contributed by atoms with Crippen molar-refractivity contribution >= 4 is 11.6 Å². The fourth-order valence-corrected chi connectivity index (χ4v) is 1.57. The smallest absolute Gasteiger partial charge is 0.0590 e. The van der Waals surface area contributed by atoms with Crippen LogP contribution in [0.2, 0.25) is 0 Å². The first-order chi connectivity index (χ1) is 7.16. The molecule has 3 heteroatoms. The molecule has 0 spiro atoms. The number of rotatable bonds is 10. The van der Waals surface area contributed by atoms with Gasteiger partial charge < -0.3 is 10.1 Å². The molecule has 2 nitrogen and oxygen atoms in total. The standard InChI is InChI=1S/C12H26ClNO/c1-4-5-12(13)10-14-7-9-15-8-6-11(2)3/h11-12,14H,4-10H2,1-3H3. The first kappa shape index (κ1) is 15.2. The van der Waals surface area contributed by atoms with Crippen LogP contribution >= 0.6 is 11.6 Å². The normalized spacial score (nSPS) is 13.4. The van der Waals surface area contributed by atoms with Crippen LogP contribution in [-0.4, -0.2) is 31.7 Å². The quantitative estimate of drug-likeness (QED) is 0.464. The van der Waals surface area contributed by atoms with Crippen LogP contribution in [0, 0.1) is 5.92 Å². The van der Waals surface area contributed by atoms with Crippen molar-refractivity contribution in [2.24, 2.45) is 5.92 Å². The van der Waals surface area contributed by atoms with E-state index < -0.39 is 0 Å². The summed E-state index contributed by atoms with van der Waals surface area (Å²) in [5, 5.41) is 3.57. The summed E-state index contributed by atoms with van der Waals surface area (Å²) in [6, 6.07) is 0. The molecular formula is C12H26ClNO. The van der Waals surface area contributed by atoms with Crippen molar-refractivity contribution in [1.29, 1.82) is 0 Å². The van der Waals surface area contributed by atoms with Gasteiger partial charge in [0.2, 0.25) is 0 Å². The summed E-state index contributed by atoms with van der Waals surface area (Å²) in [5.74, 6) is 0.731. The maximum absolute atomic E-state index is 6.06. The van der Waals surface area contributed by atoms with Crippen LogP contribution in [0.25, 0.3) is 0 Å². The van der Waals surface area contributed by atoms with E-state index in [1.54, 1.807) is 0 Å². The molecule has 0 saturated heterocycles. The van der Waals surface area contributed by atoms with Crippen LogP contribution in [-0.2, 0) is 4.74 Å². The van der Waals surface area contributed by atoms with Crippen LogP contribution < -0.4 is 5.32 Å². The fourth-order valence-electron chi connectivity index (χ4n) is 1.24. The van der Waals surface area contributed by atoms with Gasteiger partial charge in [-0.05, 0) is 18.8 Å². The first-order valence-electron chi connectivity index (χ1n) is 6.09. The highest BCUT2D eigenvalue weighted by Crippen LogP contribution is 2.02. The van der Waals surface area contributed by atoms with E-state index in [2.05, 4.69) is 26.1 Å². The molecule has 0 radical (unpaired) electrons. The van der Waals surface area contributed by atoms with Crippen molar-refractivity contribution in [3.63, 3.8) is 0 Å². The van der Waals surface area contributed by atoms with Crippen molar-refractivity contribution in [3.8, 4) is 0 Å². The second kappa shape index (κ2) is 10.7. The number of hydrogen-bond acceptors (Lipinski definition) is 2. The molecule has 92 valence electrons. The SMILES string of the molecule is CCCC(Cl)CNCCOCCC(C)C. The molecule has 0 heterocycles. The molecule has 0 bridgehead atoms. The van der Waals surface area contributed by atoms with Gasteiger partial charge in [-0.1, -0.05) is 27.2 Å². The third kappa shape index (κ3) is 12.1. The molecule has 0 aromatic heterocycles. The summed E-state index contributed by atoms with van der Waals surface area (Å²) < 4.78 is 5.48. The third-order valence-corrected chi connectivity index (χ3v) is 2.60. The summed E-state index contributed by atoms with van der Waals surface area (Å²) in [6.45, 7) is 10.0. The van der Waals surface area contributed by atoms with E-state index in [-0.39, 0.29) is 5.38 Å². The topological polar surface area (TPSA) is 21.3 Å². The molecule has 0 aliphatic heterocycles.